The number of rotatable bonds is 4. The Labute approximate surface area is 115 Å². The molecular weight excluding hydrogens is 241 g/mol. The smallest absolute Gasteiger partial charge is 0.123 e. The monoisotopic (exact) mass is 265 g/mol. The molecule has 1 aromatic carbocycles. The fourth-order valence-corrected chi connectivity index (χ4v) is 2.71. The van der Waals surface area contributed by atoms with Gasteiger partial charge in [-0.1, -0.05) is 19.1 Å². The van der Waals surface area contributed by atoms with Crippen LogP contribution in [0.25, 0.3) is 0 Å². The van der Waals surface area contributed by atoms with E-state index in [0.29, 0.717) is 0 Å². The van der Waals surface area contributed by atoms with Crippen molar-refractivity contribution >= 4 is 0 Å². The molecule has 1 fully saturated rings. The van der Waals surface area contributed by atoms with E-state index in [1.165, 1.54) is 12.1 Å². The molecule has 0 aromatic heterocycles. The van der Waals surface area contributed by atoms with Gasteiger partial charge in [0.15, 0.2) is 0 Å². The molecule has 2 atom stereocenters. The van der Waals surface area contributed by atoms with Crippen molar-refractivity contribution in [2.75, 3.05) is 33.2 Å². The Morgan fingerprint density at radius 2 is 1.74 bits per heavy atom. The summed E-state index contributed by atoms with van der Waals surface area (Å²) in [6.45, 7) is 6.28. The van der Waals surface area contributed by atoms with E-state index in [0.717, 1.165) is 38.2 Å². The minimum atomic E-state index is -0.189. The highest BCUT2D eigenvalue weighted by molar-refractivity contribution is 5.22. The fraction of sp³-hybridized carbons (Fsp3) is 0.600. The predicted octanol–water partition coefficient (Wildman–Crippen LogP) is 1.85. The van der Waals surface area contributed by atoms with E-state index in [4.69, 9.17) is 5.73 Å². The van der Waals surface area contributed by atoms with Crippen LogP contribution >= 0.6 is 0 Å². The minimum absolute atomic E-state index is 0.0915. The first-order valence-corrected chi connectivity index (χ1v) is 7.05. The molecule has 0 spiro atoms. The molecule has 0 amide bonds. The maximum absolute atomic E-state index is 13.1. The van der Waals surface area contributed by atoms with Crippen molar-refractivity contribution in [3.05, 3.63) is 35.6 Å². The first-order valence-electron chi connectivity index (χ1n) is 7.05. The van der Waals surface area contributed by atoms with Crippen LogP contribution < -0.4 is 5.73 Å². The molecule has 1 heterocycles. The van der Waals surface area contributed by atoms with Crippen LogP contribution in [0.5, 0.6) is 0 Å². The van der Waals surface area contributed by atoms with Crippen LogP contribution in [0.4, 0.5) is 4.39 Å². The van der Waals surface area contributed by atoms with Crippen LogP contribution in [0.15, 0.2) is 24.3 Å². The lowest BCUT2D eigenvalue weighted by Gasteiger charge is -2.40. The number of nitrogens with two attached hydrogens (primary N) is 1. The predicted molar refractivity (Wildman–Crippen MR) is 76.5 cm³/mol. The first kappa shape index (κ1) is 14.4. The number of benzene rings is 1. The van der Waals surface area contributed by atoms with Crippen molar-refractivity contribution in [3.8, 4) is 0 Å². The van der Waals surface area contributed by atoms with Gasteiger partial charge in [-0.2, -0.15) is 0 Å². The second kappa shape index (κ2) is 6.46. The summed E-state index contributed by atoms with van der Waals surface area (Å²) in [5.74, 6) is -0.189. The Morgan fingerprint density at radius 1 is 1.16 bits per heavy atom. The molecule has 19 heavy (non-hydrogen) atoms. The lowest BCUT2D eigenvalue weighted by atomic mass is 9.95. The molecule has 2 unspecified atom stereocenters. The largest absolute Gasteiger partial charge is 0.326 e. The van der Waals surface area contributed by atoms with Crippen LogP contribution in [0, 0.1) is 5.82 Å². The van der Waals surface area contributed by atoms with Gasteiger partial charge in [0.1, 0.15) is 5.82 Å². The normalized spacial score (nSPS) is 21.3. The van der Waals surface area contributed by atoms with Gasteiger partial charge in [-0.3, -0.25) is 4.90 Å². The Morgan fingerprint density at radius 3 is 2.26 bits per heavy atom. The number of hydrogen-bond acceptors (Lipinski definition) is 3. The molecule has 1 aliphatic rings. The fourth-order valence-electron chi connectivity index (χ4n) is 2.71. The van der Waals surface area contributed by atoms with Crippen molar-refractivity contribution in [1.29, 1.82) is 0 Å². The van der Waals surface area contributed by atoms with Gasteiger partial charge in [0.2, 0.25) is 0 Å². The molecule has 3 nitrogen and oxygen atoms in total. The SMILES string of the molecule is CCC(N)C(c1ccc(F)cc1)N1CCN(C)CC1. The molecule has 0 aliphatic carbocycles. The second-order valence-corrected chi connectivity index (χ2v) is 5.41. The zero-order valence-corrected chi connectivity index (χ0v) is 11.8. The highest BCUT2D eigenvalue weighted by atomic mass is 19.1. The van der Waals surface area contributed by atoms with Gasteiger partial charge in [-0.25, -0.2) is 4.39 Å². The molecule has 0 saturated carbocycles. The van der Waals surface area contributed by atoms with Crippen LogP contribution in [0.3, 0.4) is 0 Å². The summed E-state index contributed by atoms with van der Waals surface area (Å²) in [6.07, 6.45) is 0.925. The van der Waals surface area contributed by atoms with Crippen LogP contribution in [0.2, 0.25) is 0 Å². The number of halogens is 1. The summed E-state index contributed by atoms with van der Waals surface area (Å²) < 4.78 is 13.1. The third kappa shape index (κ3) is 3.53. The van der Waals surface area contributed by atoms with Crippen molar-refractivity contribution in [2.24, 2.45) is 5.73 Å². The number of piperazine rings is 1. The average molecular weight is 265 g/mol. The van der Waals surface area contributed by atoms with E-state index in [-0.39, 0.29) is 17.9 Å². The van der Waals surface area contributed by atoms with Crippen LogP contribution in [0.1, 0.15) is 24.9 Å². The second-order valence-electron chi connectivity index (χ2n) is 5.41. The van der Waals surface area contributed by atoms with Crippen LogP contribution in [-0.4, -0.2) is 49.1 Å². The lowest BCUT2D eigenvalue weighted by molar-refractivity contribution is 0.0968. The molecule has 1 saturated heterocycles. The Kier molecular flexibility index (Phi) is 4.91. The third-order valence-corrected chi connectivity index (χ3v) is 4.02. The average Bonchev–Trinajstić information content (AvgIpc) is 2.43. The van der Waals surface area contributed by atoms with Crippen molar-refractivity contribution in [2.45, 2.75) is 25.4 Å². The van der Waals surface area contributed by atoms with E-state index in [1.807, 2.05) is 12.1 Å². The maximum Gasteiger partial charge on any atom is 0.123 e. The van der Waals surface area contributed by atoms with E-state index >= 15 is 0 Å². The van der Waals surface area contributed by atoms with Crippen molar-refractivity contribution in [3.63, 3.8) is 0 Å². The summed E-state index contributed by atoms with van der Waals surface area (Å²) in [5.41, 5.74) is 7.43. The molecule has 4 heteroatoms. The summed E-state index contributed by atoms with van der Waals surface area (Å²) in [7, 11) is 2.14. The summed E-state index contributed by atoms with van der Waals surface area (Å²) >= 11 is 0. The molecule has 0 radical (unpaired) electrons. The molecular formula is C15H24FN3. The van der Waals surface area contributed by atoms with Crippen LogP contribution in [-0.2, 0) is 0 Å². The molecule has 1 aromatic rings. The molecule has 2 rings (SSSR count). The summed E-state index contributed by atoms with van der Waals surface area (Å²) in [5, 5.41) is 0. The first-order chi connectivity index (χ1) is 9.11. The molecule has 2 N–H and O–H groups in total. The van der Waals surface area contributed by atoms with Gasteiger partial charge in [-0.05, 0) is 31.2 Å². The summed E-state index contributed by atoms with van der Waals surface area (Å²) in [6, 6.07) is 7.08. The Hall–Kier alpha value is -0.970. The van der Waals surface area contributed by atoms with Gasteiger partial charge in [0, 0.05) is 38.3 Å². The van der Waals surface area contributed by atoms with Crippen molar-refractivity contribution < 1.29 is 4.39 Å². The van der Waals surface area contributed by atoms with Gasteiger partial charge in [0.05, 0.1) is 0 Å². The molecule has 106 valence electrons. The quantitative estimate of drug-likeness (QED) is 0.902. The highest BCUT2D eigenvalue weighted by Gasteiger charge is 2.27. The van der Waals surface area contributed by atoms with Crippen molar-refractivity contribution in [1.82, 2.24) is 9.80 Å². The van der Waals surface area contributed by atoms with Gasteiger partial charge in [0.25, 0.3) is 0 Å². The van der Waals surface area contributed by atoms with Gasteiger partial charge < -0.3 is 10.6 Å². The van der Waals surface area contributed by atoms with Gasteiger partial charge >= 0.3 is 0 Å². The lowest BCUT2D eigenvalue weighted by Crippen LogP contribution is -2.50. The maximum atomic E-state index is 13.1. The topological polar surface area (TPSA) is 32.5 Å². The summed E-state index contributed by atoms with van der Waals surface area (Å²) in [4.78, 5) is 4.76. The van der Waals surface area contributed by atoms with Gasteiger partial charge in [-0.15, -0.1) is 0 Å². The standard InChI is InChI=1S/C15H24FN3/c1-3-14(17)15(12-4-6-13(16)7-5-12)19-10-8-18(2)9-11-19/h4-7,14-15H,3,8-11,17H2,1-2H3. The number of nitrogens with zero attached hydrogens (tertiary/aromatic N) is 2. The molecule has 0 bridgehead atoms. The highest BCUT2D eigenvalue weighted by Crippen LogP contribution is 2.26. The van der Waals surface area contributed by atoms with E-state index < -0.39 is 0 Å². The van der Waals surface area contributed by atoms with E-state index in [2.05, 4.69) is 23.8 Å². The Balaban J connectivity index is 2.18. The Bertz CT molecular complexity index is 385. The van der Waals surface area contributed by atoms with E-state index in [1.54, 1.807) is 0 Å². The zero-order chi connectivity index (χ0) is 13.8. The minimum Gasteiger partial charge on any atom is -0.326 e. The molecule has 1 aliphatic heterocycles. The third-order valence-electron chi connectivity index (χ3n) is 4.02. The number of likely N-dealkylation sites (N-methyl/N-ethyl adjacent to an activating group) is 1. The van der Waals surface area contributed by atoms with E-state index in [9.17, 15) is 4.39 Å². The number of hydrogen-bond donors (Lipinski definition) is 1. The zero-order valence-electron chi connectivity index (χ0n) is 11.8.